The van der Waals surface area contributed by atoms with Crippen molar-refractivity contribution in [3.8, 4) is 11.8 Å². The molecule has 0 fully saturated rings. The molecule has 0 saturated carbocycles. The molecule has 0 aliphatic rings. The van der Waals surface area contributed by atoms with Crippen LogP contribution in [0.3, 0.4) is 0 Å². The van der Waals surface area contributed by atoms with Gasteiger partial charge in [0.2, 0.25) is 5.28 Å². The summed E-state index contributed by atoms with van der Waals surface area (Å²) in [6.45, 7) is 0.292. The molecule has 23 heavy (non-hydrogen) atoms. The van der Waals surface area contributed by atoms with Crippen molar-refractivity contribution in [3.63, 3.8) is 0 Å². The van der Waals surface area contributed by atoms with Gasteiger partial charge in [-0.1, -0.05) is 12.1 Å². The van der Waals surface area contributed by atoms with Crippen molar-refractivity contribution in [2.75, 3.05) is 7.11 Å². The first-order chi connectivity index (χ1) is 11.1. The highest BCUT2D eigenvalue weighted by molar-refractivity contribution is 6.28. The molecule has 0 aliphatic carbocycles. The van der Waals surface area contributed by atoms with Gasteiger partial charge in [0.05, 0.1) is 19.5 Å². The average Bonchev–Trinajstić information content (AvgIpc) is 2.95. The second kappa shape index (κ2) is 6.10. The van der Waals surface area contributed by atoms with Gasteiger partial charge in [-0.15, -0.1) is 0 Å². The molecule has 7 nitrogen and oxygen atoms in total. The van der Waals surface area contributed by atoms with Crippen LogP contribution in [0.15, 0.2) is 35.4 Å². The maximum atomic E-state index is 12.5. The molecule has 0 saturated heterocycles. The fraction of sp³-hybridized carbons (Fsp3) is 0.200. The van der Waals surface area contributed by atoms with Crippen LogP contribution < -0.4 is 10.3 Å². The molecular weight excluding hydrogens is 318 g/mol. The summed E-state index contributed by atoms with van der Waals surface area (Å²) in [4.78, 5) is 20.7. The number of benzene rings is 1. The summed E-state index contributed by atoms with van der Waals surface area (Å²) in [5.41, 5.74) is 1.18. The topological polar surface area (TPSA) is 85.7 Å². The Morgan fingerprint density at radius 1 is 1.35 bits per heavy atom. The normalized spacial score (nSPS) is 10.7. The lowest BCUT2D eigenvalue weighted by Crippen LogP contribution is -2.23. The zero-order valence-electron chi connectivity index (χ0n) is 12.2. The van der Waals surface area contributed by atoms with E-state index in [2.05, 4.69) is 9.97 Å². The first kappa shape index (κ1) is 15.1. The SMILES string of the molecule is COc1ccc(Cn2cnc3nc(Cl)n(CC#N)c(=O)c32)cc1. The average molecular weight is 330 g/mol. The molecule has 2 aromatic heterocycles. The number of hydrogen-bond donors (Lipinski definition) is 0. The Labute approximate surface area is 136 Å². The van der Waals surface area contributed by atoms with Crippen LogP contribution >= 0.6 is 11.6 Å². The zero-order valence-corrected chi connectivity index (χ0v) is 13.0. The number of ether oxygens (including phenoxy) is 1. The van der Waals surface area contributed by atoms with E-state index in [1.165, 1.54) is 6.33 Å². The second-order valence-corrected chi connectivity index (χ2v) is 5.16. The van der Waals surface area contributed by atoms with Gasteiger partial charge < -0.3 is 9.30 Å². The minimum Gasteiger partial charge on any atom is -0.497 e. The molecule has 0 spiro atoms. The van der Waals surface area contributed by atoms with Crippen molar-refractivity contribution in [2.45, 2.75) is 13.1 Å². The molecule has 0 N–H and O–H groups in total. The zero-order chi connectivity index (χ0) is 16.4. The number of rotatable bonds is 4. The molecule has 3 rings (SSSR count). The van der Waals surface area contributed by atoms with Crippen LogP contribution in [-0.2, 0) is 13.1 Å². The number of hydrogen-bond acceptors (Lipinski definition) is 5. The Morgan fingerprint density at radius 2 is 2.09 bits per heavy atom. The highest BCUT2D eigenvalue weighted by atomic mass is 35.5. The van der Waals surface area contributed by atoms with Crippen LogP contribution in [0, 0.1) is 11.3 Å². The number of imidazole rings is 1. The molecule has 116 valence electrons. The fourth-order valence-electron chi connectivity index (χ4n) is 2.29. The molecule has 2 heterocycles. The predicted octanol–water partition coefficient (Wildman–Crippen LogP) is 1.83. The van der Waals surface area contributed by atoms with Crippen molar-refractivity contribution in [3.05, 3.63) is 51.8 Å². The van der Waals surface area contributed by atoms with Crippen LogP contribution in [0.2, 0.25) is 5.28 Å². The van der Waals surface area contributed by atoms with E-state index in [4.69, 9.17) is 21.6 Å². The molecule has 3 aromatic rings. The fourth-order valence-corrected chi connectivity index (χ4v) is 2.50. The van der Waals surface area contributed by atoms with E-state index in [0.717, 1.165) is 15.9 Å². The molecule has 8 heteroatoms. The van der Waals surface area contributed by atoms with Gasteiger partial charge in [-0.05, 0) is 29.3 Å². The van der Waals surface area contributed by atoms with Gasteiger partial charge in [0.25, 0.3) is 5.56 Å². The van der Waals surface area contributed by atoms with E-state index in [9.17, 15) is 4.79 Å². The van der Waals surface area contributed by atoms with Crippen LogP contribution in [0.5, 0.6) is 5.75 Å². The van der Waals surface area contributed by atoms with Gasteiger partial charge in [-0.2, -0.15) is 10.2 Å². The van der Waals surface area contributed by atoms with Crippen LogP contribution in [-0.4, -0.2) is 26.2 Å². The first-order valence-electron chi connectivity index (χ1n) is 6.75. The molecule has 0 unspecified atom stereocenters. The van der Waals surface area contributed by atoms with Gasteiger partial charge >= 0.3 is 0 Å². The third-order valence-electron chi connectivity index (χ3n) is 3.43. The number of halogens is 1. The van der Waals surface area contributed by atoms with E-state index in [1.807, 2.05) is 30.3 Å². The first-order valence-corrected chi connectivity index (χ1v) is 7.13. The van der Waals surface area contributed by atoms with Crippen molar-refractivity contribution in [1.29, 1.82) is 5.26 Å². The number of nitriles is 1. The molecule has 0 aliphatic heterocycles. The standard InChI is InChI=1S/C15H12ClN5O2/c1-23-11-4-2-10(3-5-11)8-20-9-18-13-12(20)14(22)21(7-6-17)15(16)19-13/h2-5,9H,7-8H2,1H3. The molecule has 0 radical (unpaired) electrons. The van der Waals surface area contributed by atoms with Crippen molar-refractivity contribution < 1.29 is 4.74 Å². The molecule has 0 amide bonds. The van der Waals surface area contributed by atoms with Crippen LogP contribution in [0.25, 0.3) is 11.2 Å². The van der Waals surface area contributed by atoms with Crippen LogP contribution in [0.1, 0.15) is 5.56 Å². The summed E-state index contributed by atoms with van der Waals surface area (Å²) in [5, 5.41) is 8.77. The van der Waals surface area contributed by atoms with E-state index in [-0.39, 0.29) is 23.0 Å². The molecule has 1 aromatic carbocycles. The minimum atomic E-state index is -0.382. The third kappa shape index (κ3) is 2.76. The second-order valence-electron chi connectivity index (χ2n) is 4.82. The van der Waals surface area contributed by atoms with Gasteiger partial charge in [-0.3, -0.25) is 9.36 Å². The Kier molecular flexibility index (Phi) is 4.00. The highest BCUT2D eigenvalue weighted by Crippen LogP contribution is 2.15. The molecule has 0 atom stereocenters. The largest absolute Gasteiger partial charge is 0.497 e. The Balaban J connectivity index is 2.06. The van der Waals surface area contributed by atoms with E-state index < -0.39 is 0 Å². The van der Waals surface area contributed by atoms with Gasteiger partial charge in [0.15, 0.2) is 11.2 Å². The summed E-state index contributed by atoms with van der Waals surface area (Å²) in [7, 11) is 1.60. The highest BCUT2D eigenvalue weighted by Gasteiger charge is 2.14. The number of aromatic nitrogens is 4. The number of fused-ring (bicyclic) bond motifs is 1. The molecular formula is C15H12ClN5O2. The summed E-state index contributed by atoms with van der Waals surface area (Å²) < 4.78 is 7.93. The quantitative estimate of drug-likeness (QED) is 0.682. The summed E-state index contributed by atoms with van der Waals surface area (Å²) in [5.74, 6) is 0.758. The number of methoxy groups -OCH3 is 1. The lowest BCUT2D eigenvalue weighted by molar-refractivity contribution is 0.414. The smallest absolute Gasteiger partial charge is 0.281 e. The Hall–Kier alpha value is -2.85. The maximum absolute atomic E-state index is 12.5. The van der Waals surface area contributed by atoms with E-state index >= 15 is 0 Å². The Bertz CT molecular complexity index is 953. The van der Waals surface area contributed by atoms with E-state index in [0.29, 0.717) is 12.1 Å². The monoisotopic (exact) mass is 329 g/mol. The summed E-state index contributed by atoms with van der Waals surface area (Å²) in [6, 6.07) is 9.40. The summed E-state index contributed by atoms with van der Waals surface area (Å²) in [6.07, 6.45) is 1.54. The third-order valence-corrected chi connectivity index (χ3v) is 3.72. The van der Waals surface area contributed by atoms with Crippen molar-refractivity contribution >= 4 is 22.8 Å². The Morgan fingerprint density at radius 3 is 2.74 bits per heavy atom. The lowest BCUT2D eigenvalue weighted by atomic mass is 10.2. The summed E-state index contributed by atoms with van der Waals surface area (Å²) >= 11 is 5.93. The minimum absolute atomic E-state index is 0.0428. The van der Waals surface area contributed by atoms with Crippen molar-refractivity contribution in [1.82, 2.24) is 19.1 Å². The number of nitrogens with zero attached hydrogens (tertiary/aromatic N) is 5. The van der Waals surface area contributed by atoms with Crippen LogP contribution in [0.4, 0.5) is 0 Å². The lowest BCUT2D eigenvalue weighted by Gasteiger charge is -2.07. The van der Waals surface area contributed by atoms with Gasteiger partial charge in [-0.25, -0.2) is 4.98 Å². The molecule has 0 bridgehead atoms. The van der Waals surface area contributed by atoms with Gasteiger partial charge in [0, 0.05) is 6.54 Å². The predicted molar refractivity (Wildman–Crippen MR) is 84.5 cm³/mol. The van der Waals surface area contributed by atoms with E-state index in [1.54, 1.807) is 11.7 Å². The maximum Gasteiger partial charge on any atom is 0.281 e. The van der Waals surface area contributed by atoms with Crippen molar-refractivity contribution in [2.24, 2.45) is 0 Å². The van der Waals surface area contributed by atoms with Gasteiger partial charge in [0.1, 0.15) is 12.3 Å².